The smallest absolute Gasteiger partial charge is 0.373 e. The number of ether oxygens (including phenoxy) is 1. The molecule has 17 heavy (non-hydrogen) atoms. The number of aliphatic hydroxyl groups is 1. The van der Waals surface area contributed by atoms with Crippen LogP contribution in [0.2, 0.25) is 0 Å². The molecule has 1 rings (SSSR count). The van der Waals surface area contributed by atoms with Crippen molar-refractivity contribution in [1.29, 1.82) is 5.26 Å². The minimum absolute atomic E-state index is 0.263. The highest BCUT2D eigenvalue weighted by Gasteiger charge is 2.10. The summed E-state index contributed by atoms with van der Waals surface area (Å²) in [7, 11) is 1.10. The largest absolute Gasteiger partial charge is 0.502 e. The first-order valence-electron chi connectivity index (χ1n) is 4.62. The quantitative estimate of drug-likeness (QED) is 0.367. The Kier molecular flexibility index (Phi) is 4.01. The van der Waals surface area contributed by atoms with Crippen molar-refractivity contribution in [1.82, 2.24) is 0 Å². The monoisotopic (exact) mass is 231 g/mol. The Labute approximate surface area is 97.6 Å². The van der Waals surface area contributed by atoms with Gasteiger partial charge in [0.05, 0.1) is 18.7 Å². The highest BCUT2D eigenvalue weighted by atomic mass is 16.5. The molecule has 0 aliphatic carbocycles. The van der Waals surface area contributed by atoms with Gasteiger partial charge in [-0.05, 0) is 24.3 Å². The zero-order chi connectivity index (χ0) is 12.8. The van der Waals surface area contributed by atoms with E-state index in [1.807, 2.05) is 6.07 Å². The molecule has 1 N–H and O–H groups in total. The summed E-state index contributed by atoms with van der Waals surface area (Å²) in [5.74, 6) is -2.29. The number of carbonyl (C=O) groups excluding carboxylic acids is 2. The molecule has 0 radical (unpaired) electrons. The van der Waals surface area contributed by atoms with Gasteiger partial charge < -0.3 is 9.84 Å². The zero-order valence-electron chi connectivity index (χ0n) is 9.01. The van der Waals surface area contributed by atoms with Crippen molar-refractivity contribution in [2.75, 3.05) is 7.11 Å². The van der Waals surface area contributed by atoms with Crippen LogP contribution in [0.5, 0.6) is 0 Å². The van der Waals surface area contributed by atoms with Crippen molar-refractivity contribution < 1.29 is 19.4 Å². The maximum atomic E-state index is 11.5. The molecule has 0 saturated carbocycles. The summed E-state index contributed by atoms with van der Waals surface area (Å²) < 4.78 is 4.23. The van der Waals surface area contributed by atoms with E-state index in [0.29, 0.717) is 5.56 Å². The molecular formula is C12H9NO4. The highest BCUT2D eigenvalue weighted by Crippen LogP contribution is 2.06. The Morgan fingerprint density at radius 1 is 1.35 bits per heavy atom. The van der Waals surface area contributed by atoms with E-state index < -0.39 is 17.5 Å². The molecule has 0 aliphatic heterocycles. The molecule has 0 unspecified atom stereocenters. The first-order valence-corrected chi connectivity index (χ1v) is 4.62. The molecule has 5 nitrogen and oxygen atoms in total. The standard InChI is InChI=1S/C12H9NO4/c1-17-12(16)11(15)6-10(14)9-4-2-8(7-13)3-5-9/h2-6,15H,1H3/b11-6-. The van der Waals surface area contributed by atoms with E-state index in [-0.39, 0.29) is 5.56 Å². The number of benzene rings is 1. The lowest BCUT2D eigenvalue weighted by molar-refractivity contribution is -0.139. The third-order valence-electron chi connectivity index (χ3n) is 1.96. The number of allylic oxidation sites excluding steroid dienone is 1. The molecule has 0 fully saturated rings. The Morgan fingerprint density at radius 3 is 2.41 bits per heavy atom. The first kappa shape index (κ1) is 12.5. The lowest BCUT2D eigenvalue weighted by Crippen LogP contribution is -2.06. The Balaban J connectivity index is 2.90. The second kappa shape index (κ2) is 5.47. The summed E-state index contributed by atoms with van der Waals surface area (Å²) in [4.78, 5) is 22.4. The number of rotatable bonds is 3. The van der Waals surface area contributed by atoms with E-state index in [1.54, 1.807) is 0 Å². The van der Waals surface area contributed by atoms with Gasteiger partial charge in [0.25, 0.3) is 0 Å². The van der Waals surface area contributed by atoms with Crippen molar-refractivity contribution in [2.24, 2.45) is 0 Å². The Hall–Kier alpha value is -2.61. The van der Waals surface area contributed by atoms with Crippen LogP contribution in [0, 0.1) is 11.3 Å². The van der Waals surface area contributed by atoms with Crippen LogP contribution in [0.25, 0.3) is 0 Å². The Bertz CT molecular complexity index is 508. The van der Waals surface area contributed by atoms with E-state index in [1.165, 1.54) is 24.3 Å². The fourth-order valence-corrected chi connectivity index (χ4v) is 1.08. The predicted octanol–water partition coefficient (Wildman–Crippen LogP) is 1.36. The zero-order valence-corrected chi connectivity index (χ0v) is 9.01. The molecule has 0 heterocycles. The summed E-state index contributed by atoms with van der Waals surface area (Å²) >= 11 is 0. The van der Waals surface area contributed by atoms with Crippen molar-refractivity contribution in [3.63, 3.8) is 0 Å². The van der Waals surface area contributed by atoms with Crippen LogP contribution in [-0.2, 0) is 9.53 Å². The lowest BCUT2D eigenvalue weighted by atomic mass is 10.1. The number of hydrogen-bond acceptors (Lipinski definition) is 5. The van der Waals surface area contributed by atoms with Crippen LogP contribution in [0.4, 0.5) is 0 Å². The normalized spacial score (nSPS) is 10.5. The van der Waals surface area contributed by atoms with Gasteiger partial charge >= 0.3 is 5.97 Å². The number of esters is 1. The molecule has 0 aromatic heterocycles. The third kappa shape index (κ3) is 3.18. The molecule has 5 heteroatoms. The van der Waals surface area contributed by atoms with Gasteiger partial charge in [-0.2, -0.15) is 5.26 Å². The molecule has 0 saturated heterocycles. The van der Waals surface area contributed by atoms with Crippen molar-refractivity contribution in [2.45, 2.75) is 0 Å². The van der Waals surface area contributed by atoms with E-state index in [2.05, 4.69) is 4.74 Å². The van der Waals surface area contributed by atoms with Gasteiger partial charge in [0, 0.05) is 11.6 Å². The average molecular weight is 231 g/mol. The molecular weight excluding hydrogens is 222 g/mol. The molecule has 0 aliphatic rings. The number of methoxy groups -OCH3 is 1. The van der Waals surface area contributed by atoms with Crippen LogP contribution in [-0.4, -0.2) is 24.0 Å². The van der Waals surface area contributed by atoms with Gasteiger partial charge in [0.15, 0.2) is 5.78 Å². The maximum Gasteiger partial charge on any atom is 0.373 e. The van der Waals surface area contributed by atoms with E-state index >= 15 is 0 Å². The van der Waals surface area contributed by atoms with Gasteiger partial charge in [-0.15, -0.1) is 0 Å². The van der Waals surface area contributed by atoms with Crippen LogP contribution in [0.1, 0.15) is 15.9 Å². The fourth-order valence-electron chi connectivity index (χ4n) is 1.08. The summed E-state index contributed by atoms with van der Waals surface area (Å²) in [6.07, 6.45) is 0.771. The first-order chi connectivity index (χ1) is 8.08. The molecule has 1 aromatic carbocycles. The molecule has 0 atom stereocenters. The van der Waals surface area contributed by atoms with Gasteiger partial charge in [-0.1, -0.05) is 0 Å². The minimum atomic E-state index is -0.980. The maximum absolute atomic E-state index is 11.5. The average Bonchev–Trinajstić information content (AvgIpc) is 2.37. The number of nitrogens with zero attached hydrogens (tertiary/aromatic N) is 1. The summed E-state index contributed by atoms with van der Waals surface area (Å²) in [5.41, 5.74) is 0.683. The number of nitriles is 1. The second-order valence-electron chi connectivity index (χ2n) is 3.07. The van der Waals surface area contributed by atoms with Crippen LogP contribution >= 0.6 is 0 Å². The lowest BCUT2D eigenvalue weighted by Gasteiger charge is -1.98. The van der Waals surface area contributed by atoms with Crippen molar-refractivity contribution in [3.8, 4) is 6.07 Å². The summed E-state index contributed by atoms with van der Waals surface area (Å²) in [6.45, 7) is 0. The van der Waals surface area contributed by atoms with Crippen molar-refractivity contribution in [3.05, 3.63) is 47.2 Å². The van der Waals surface area contributed by atoms with E-state index in [0.717, 1.165) is 13.2 Å². The third-order valence-corrected chi connectivity index (χ3v) is 1.96. The van der Waals surface area contributed by atoms with Crippen LogP contribution in [0.3, 0.4) is 0 Å². The molecule has 0 bridgehead atoms. The van der Waals surface area contributed by atoms with Gasteiger partial charge in [-0.25, -0.2) is 4.79 Å². The number of hydrogen-bond donors (Lipinski definition) is 1. The van der Waals surface area contributed by atoms with E-state index in [9.17, 15) is 9.59 Å². The molecule has 0 spiro atoms. The van der Waals surface area contributed by atoms with Gasteiger partial charge in [-0.3, -0.25) is 4.79 Å². The number of aliphatic hydroxyl groups excluding tert-OH is 1. The van der Waals surface area contributed by atoms with Crippen LogP contribution < -0.4 is 0 Å². The highest BCUT2D eigenvalue weighted by molar-refractivity contribution is 6.07. The second-order valence-corrected chi connectivity index (χ2v) is 3.07. The molecule has 1 aromatic rings. The molecule has 0 amide bonds. The SMILES string of the molecule is COC(=O)/C(O)=C/C(=O)c1ccc(C#N)cc1. The van der Waals surface area contributed by atoms with Crippen molar-refractivity contribution >= 4 is 11.8 Å². The van der Waals surface area contributed by atoms with Gasteiger partial charge in [0.2, 0.25) is 5.76 Å². The summed E-state index contributed by atoms with van der Waals surface area (Å²) in [5, 5.41) is 17.7. The summed E-state index contributed by atoms with van der Waals surface area (Å²) in [6, 6.07) is 7.71. The number of carbonyl (C=O) groups is 2. The number of ketones is 1. The minimum Gasteiger partial charge on any atom is -0.502 e. The van der Waals surface area contributed by atoms with E-state index in [4.69, 9.17) is 10.4 Å². The Morgan fingerprint density at radius 2 is 1.94 bits per heavy atom. The topological polar surface area (TPSA) is 87.4 Å². The fraction of sp³-hybridized carbons (Fsp3) is 0.0833. The molecule has 86 valence electrons. The van der Waals surface area contributed by atoms with Gasteiger partial charge in [0.1, 0.15) is 0 Å². The predicted molar refractivity (Wildman–Crippen MR) is 58.2 cm³/mol. The van der Waals surface area contributed by atoms with Crippen LogP contribution in [0.15, 0.2) is 36.1 Å².